The van der Waals surface area contributed by atoms with Gasteiger partial charge in [-0.1, -0.05) is 12.5 Å². The van der Waals surface area contributed by atoms with Crippen LogP contribution >= 0.6 is 0 Å². The molecule has 5 N–H and O–H groups in total. The first-order valence-corrected chi connectivity index (χ1v) is 12.7. The van der Waals surface area contributed by atoms with Crippen LogP contribution in [0.3, 0.4) is 0 Å². The van der Waals surface area contributed by atoms with E-state index in [4.69, 9.17) is 11.1 Å². The lowest BCUT2D eigenvalue weighted by Gasteiger charge is -2.26. The molecule has 3 aromatic rings. The molecule has 4 rings (SSSR count). The Hall–Kier alpha value is -3.82. The molecule has 37 heavy (non-hydrogen) atoms. The van der Waals surface area contributed by atoms with Gasteiger partial charge in [0.05, 0.1) is 11.9 Å². The van der Waals surface area contributed by atoms with Gasteiger partial charge >= 0.3 is 0 Å². The molecule has 9 heteroatoms. The number of anilines is 3. The number of nitrogens with zero attached hydrogens (tertiary/aromatic N) is 4. The van der Waals surface area contributed by atoms with E-state index < -0.39 is 5.91 Å². The molecule has 0 aliphatic carbocycles. The minimum Gasteiger partial charge on any atom is -0.398 e. The summed E-state index contributed by atoms with van der Waals surface area (Å²) in [5, 5.41) is 14.5. The molecular formula is C28H36N8O. The van der Waals surface area contributed by atoms with E-state index in [1.165, 1.54) is 19.3 Å². The predicted molar refractivity (Wildman–Crippen MR) is 150 cm³/mol. The van der Waals surface area contributed by atoms with Crippen LogP contribution in [0.1, 0.15) is 30.4 Å². The molecule has 0 bridgehead atoms. The smallest absolute Gasteiger partial charge is 0.274 e. The van der Waals surface area contributed by atoms with Crippen LogP contribution in [0.4, 0.5) is 17.2 Å². The van der Waals surface area contributed by atoms with Crippen molar-refractivity contribution in [2.24, 2.45) is 0 Å². The number of amides is 1. The number of rotatable bonds is 10. The highest BCUT2D eigenvalue weighted by Crippen LogP contribution is 2.25. The molecule has 2 aromatic heterocycles. The number of hydrogen-bond donors (Lipinski definition) is 4. The minimum absolute atomic E-state index is 0.204. The van der Waals surface area contributed by atoms with E-state index in [-0.39, 0.29) is 5.71 Å². The van der Waals surface area contributed by atoms with Gasteiger partial charge in [0.25, 0.3) is 5.91 Å². The number of piperidine rings is 1. The van der Waals surface area contributed by atoms with E-state index in [1.54, 1.807) is 36.7 Å². The Morgan fingerprint density at radius 2 is 1.86 bits per heavy atom. The van der Waals surface area contributed by atoms with Crippen molar-refractivity contribution >= 4 is 28.8 Å². The van der Waals surface area contributed by atoms with Crippen LogP contribution in [0.2, 0.25) is 0 Å². The highest BCUT2D eigenvalue weighted by atomic mass is 16.1. The van der Waals surface area contributed by atoms with Crippen LogP contribution in [0.5, 0.6) is 0 Å². The summed E-state index contributed by atoms with van der Waals surface area (Å²) in [6, 6.07) is 11.1. The first kappa shape index (κ1) is 26.2. The van der Waals surface area contributed by atoms with Gasteiger partial charge in [0.1, 0.15) is 11.5 Å². The van der Waals surface area contributed by atoms with Gasteiger partial charge in [-0.15, -0.1) is 0 Å². The average molecular weight is 501 g/mol. The molecule has 3 heterocycles. The SMILES string of the molecule is CN(C)CCNc1ccc(NC(=O)C(=N)c2cc(-c3cncc(CN4CCCCC4)c3)ccc2N)cn1. The van der Waals surface area contributed by atoms with E-state index in [0.29, 0.717) is 16.9 Å². The van der Waals surface area contributed by atoms with Crippen LogP contribution in [0, 0.1) is 5.41 Å². The highest BCUT2D eigenvalue weighted by molar-refractivity contribution is 6.48. The van der Waals surface area contributed by atoms with Crippen molar-refractivity contribution in [1.29, 1.82) is 5.41 Å². The molecule has 0 radical (unpaired) electrons. The number of likely N-dealkylation sites (N-methyl/N-ethyl adjacent to an activating group) is 1. The molecule has 0 saturated carbocycles. The number of benzene rings is 1. The van der Waals surface area contributed by atoms with Gasteiger partial charge in [0.2, 0.25) is 0 Å². The van der Waals surface area contributed by atoms with Crippen LogP contribution < -0.4 is 16.4 Å². The number of likely N-dealkylation sites (tertiary alicyclic amines) is 1. The maximum atomic E-state index is 12.9. The van der Waals surface area contributed by atoms with E-state index in [2.05, 4.69) is 36.5 Å². The van der Waals surface area contributed by atoms with Gasteiger partial charge in [-0.3, -0.25) is 20.1 Å². The molecule has 1 fully saturated rings. The van der Waals surface area contributed by atoms with E-state index >= 15 is 0 Å². The van der Waals surface area contributed by atoms with Crippen LogP contribution in [0.25, 0.3) is 11.1 Å². The Morgan fingerprint density at radius 1 is 1.05 bits per heavy atom. The van der Waals surface area contributed by atoms with E-state index in [9.17, 15) is 4.79 Å². The van der Waals surface area contributed by atoms with Gasteiger partial charge in [0, 0.05) is 48.8 Å². The highest BCUT2D eigenvalue weighted by Gasteiger charge is 2.17. The summed E-state index contributed by atoms with van der Waals surface area (Å²) in [5.41, 5.74) is 10.2. The normalized spacial score (nSPS) is 13.9. The Labute approximate surface area is 218 Å². The van der Waals surface area contributed by atoms with Gasteiger partial charge in [-0.25, -0.2) is 4.98 Å². The monoisotopic (exact) mass is 500 g/mol. The number of nitrogens with two attached hydrogens (primary N) is 1. The fourth-order valence-corrected chi connectivity index (χ4v) is 4.36. The van der Waals surface area contributed by atoms with Crippen molar-refractivity contribution in [3.05, 3.63) is 66.1 Å². The number of nitrogen functional groups attached to an aromatic ring is 1. The lowest BCUT2D eigenvalue weighted by Crippen LogP contribution is -2.29. The second kappa shape index (κ2) is 12.4. The predicted octanol–water partition coefficient (Wildman–Crippen LogP) is 3.69. The van der Waals surface area contributed by atoms with Crippen molar-refractivity contribution in [3.63, 3.8) is 0 Å². The van der Waals surface area contributed by atoms with Crippen LogP contribution in [-0.2, 0) is 11.3 Å². The average Bonchev–Trinajstić information content (AvgIpc) is 2.90. The molecule has 194 valence electrons. The molecule has 0 spiro atoms. The summed E-state index contributed by atoms with van der Waals surface area (Å²) >= 11 is 0. The fourth-order valence-electron chi connectivity index (χ4n) is 4.36. The maximum Gasteiger partial charge on any atom is 0.274 e. The number of carbonyl (C=O) groups is 1. The van der Waals surface area contributed by atoms with Gasteiger partial charge in [-0.2, -0.15) is 0 Å². The number of pyridine rings is 2. The first-order valence-electron chi connectivity index (χ1n) is 12.7. The molecule has 1 saturated heterocycles. The number of hydrogen-bond acceptors (Lipinski definition) is 8. The van der Waals surface area contributed by atoms with Crippen LogP contribution in [0.15, 0.2) is 55.0 Å². The molecule has 0 atom stereocenters. The standard InChI is InChI=1S/C28H36N8O/c1-35(2)13-10-32-26-9-7-23(18-33-26)34-28(37)27(30)24-15-21(6-8-25(24)29)22-14-20(16-31-17-22)19-36-11-4-3-5-12-36/h6-9,14-18,30H,3-5,10-13,19,29H2,1-2H3,(H,32,33)(H,34,37). The quantitative estimate of drug-likeness (QED) is 0.247. The molecule has 9 nitrogen and oxygen atoms in total. The lowest BCUT2D eigenvalue weighted by molar-refractivity contribution is -0.110. The van der Waals surface area contributed by atoms with Gasteiger partial charge in [0.15, 0.2) is 0 Å². The van der Waals surface area contributed by atoms with Crippen molar-refractivity contribution in [2.75, 3.05) is 56.6 Å². The third-order valence-electron chi connectivity index (χ3n) is 6.42. The molecule has 1 aromatic carbocycles. The zero-order valence-corrected chi connectivity index (χ0v) is 21.6. The zero-order chi connectivity index (χ0) is 26.2. The Kier molecular flexibility index (Phi) is 8.81. The maximum absolute atomic E-state index is 12.9. The van der Waals surface area contributed by atoms with Crippen molar-refractivity contribution < 1.29 is 4.79 Å². The molecule has 1 aliphatic heterocycles. The van der Waals surface area contributed by atoms with Crippen molar-refractivity contribution in [3.8, 4) is 11.1 Å². The summed E-state index contributed by atoms with van der Waals surface area (Å²) in [4.78, 5) is 26.2. The number of nitrogens with one attached hydrogen (secondary N) is 3. The van der Waals surface area contributed by atoms with E-state index in [1.807, 2.05) is 26.4 Å². The Bertz CT molecular complexity index is 1220. The Morgan fingerprint density at radius 3 is 2.59 bits per heavy atom. The summed E-state index contributed by atoms with van der Waals surface area (Å²) in [6.45, 7) is 4.76. The summed E-state index contributed by atoms with van der Waals surface area (Å²) in [5.74, 6) is 0.180. The second-order valence-electron chi connectivity index (χ2n) is 9.71. The van der Waals surface area contributed by atoms with Gasteiger partial charge in [-0.05, 0) is 81.5 Å². The molecule has 1 aliphatic rings. The topological polar surface area (TPSA) is 123 Å². The zero-order valence-electron chi connectivity index (χ0n) is 21.6. The molecule has 0 unspecified atom stereocenters. The third kappa shape index (κ3) is 7.34. The van der Waals surface area contributed by atoms with Gasteiger partial charge < -0.3 is 21.3 Å². The largest absolute Gasteiger partial charge is 0.398 e. The first-order chi connectivity index (χ1) is 17.9. The number of aromatic nitrogens is 2. The fraction of sp³-hybridized carbons (Fsp3) is 0.357. The van der Waals surface area contributed by atoms with Crippen molar-refractivity contribution in [2.45, 2.75) is 25.8 Å². The second-order valence-corrected chi connectivity index (χ2v) is 9.71. The lowest BCUT2D eigenvalue weighted by atomic mass is 9.99. The van der Waals surface area contributed by atoms with Crippen LogP contribution in [-0.4, -0.2) is 71.7 Å². The minimum atomic E-state index is -0.545. The molecular weight excluding hydrogens is 464 g/mol. The Balaban J connectivity index is 1.43. The van der Waals surface area contributed by atoms with Crippen molar-refractivity contribution in [1.82, 2.24) is 19.8 Å². The van der Waals surface area contributed by atoms with E-state index in [0.717, 1.165) is 55.2 Å². The summed E-state index contributed by atoms with van der Waals surface area (Å²) in [7, 11) is 4.02. The summed E-state index contributed by atoms with van der Waals surface area (Å²) in [6.07, 6.45) is 9.07. The summed E-state index contributed by atoms with van der Waals surface area (Å²) < 4.78 is 0. The third-order valence-corrected chi connectivity index (χ3v) is 6.42. The number of carbonyl (C=O) groups excluding carboxylic acids is 1. The molecule has 1 amide bonds.